The molecule has 0 fully saturated rings. The molecule has 3 aromatic heterocycles. The second kappa shape index (κ2) is 18.9. The van der Waals surface area contributed by atoms with Crippen LogP contribution in [0.1, 0.15) is 41.5 Å². The molecule has 3 aromatic rings. The van der Waals surface area contributed by atoms with Gasteiger partial charge in [0, 0.05) is 56.3 Å². The molecule has 0 unspecified atom stereocenters. The van der Waals surface area contributed by atoms with Crippen LogP contribution in [-0.4, -0.2) is 42.7 Å². The van der Waals surface area contributed by atoms with E-state index >= 15 is 0 Å². The Kier molecular flexibility index (Phi) is 17.2. The summed E-state index contributed by atoms with van der Waals surface area (Å²) >= 11 is 15.0. The van der Waals surface area contributed by atoms with Gasteiger partial charge < -0.3 is 15.3 Å². The van der Waals surface area contributed by atoms with Crippen molar-refractivity contribution in [1.82, 2.24) is 27.4 Å². The topological polar surface area (TPSA) is 230 Å². The van der Waals surface area contributed by atoms with Gasteiger partial charge in [-0.25, -0.2) is 0 Å². The summed E-state index contributed by atoms with van der Waals surface area (Å²) in [6.07, 6.45) is 0. The van der Waals surface area contributed by atoms with Crippen molar-refractivity contribution in [1.29, 1.82) is 0 Å². The van der Waals surface area contributed by atoms with Gasteiger partial charge in [-0.2, -0.15) is 0 Å². The normalized spacial score (nSPS) is 10.0. The van der Waals surface area contributed by atoms with Gasteiger partial charge in [0.05, 0.1) is 0 Å². The maximum Gasteiger partial charge on any atom is 0.287 e. The van der Waals surface area contributed by atoms with E-state index < -0.39 is 51.4 Å². The zero-order valence-corrected chi connectivity index (χ0v) is 29.2. The van der Waals surface area contributed by atoms with Crippen LogP contribution in [0.4, 0.5) is 17.1 Å². The first-order chi connectivity index (χ1) is 21.2. The molecule has 0 aromatic carbocycles. The molecule has 0 aliphatic heterocycles. The Hall–Kier alpha value is -3.98. The number of hydrogen-bond donors (Lipinski definition) is 3. The molecule has 0 radical (unpaired) electrons. The number of rotatable bonds is 9. The molecule has 0 amide bonds. The molecule has 22 heteroatoms. The summed E-state index contributed by atoms with van der Waals surface area (Å²) in [5.74, 6) is -1.40. The average molecular weight is 744 g/mol. The molecule has 0 saturated carbocycles. The van der Waals surface area contributed by atoms with Crippen molar-refractivity contribution in [2.24, 2.45) is 15.5 Å². The molecular weight excluding hydrogens is 710 g/mol. The van der Waals surface area contributed by atoms with Crippen LogP contribution in [-0.2, 0) is 56.3 Å². The second-order valence-corrected chi connectivity index (χ2v) is 9.61. The minimum atomic E-state index is -0.653. The minimum Gasteiger partial charge on any atom is -0.493 e. The summed E-state index contributed by atoms with van der Waals surface area (Å²) in [6.45, 7) is 12.5. The summed E-state index contributed by atoms with van der Waals surface area (Å²) < 4.78 is 8.09. The van der Waals surface area contributed by atoms with Crippen LogP contribution < -0.4 is 16.7 Å². The van der Waals surface area contributed by atoms with Crippen molar-refractivity contribution in [3.8, 4) is 17.6 Å². The molecule has 254 valence electrons. The van der Waals surface area contributed by atoms with Crippen LogP contribution in [0.25, 0.3) is 0 Å². The molecule has 0 aliphatic rings. The van der Waals surface area contributed by atoms with Crippen molar-refractivity contribution in [3.63, 3.8) is 0 Å². The SMILES string of the molecule is CCn1c(O)c(N=O)c(=O)n(CC)c1=S.CCn1c(O)c(N=O)c(=O)n(CC)c1=S.CCn1c(O)c(N=O)c(=O)n(CC)c1=S.[Fe]. The Balaban J connectivity index is 0.000000653. The van der Waals surface area contributed by atoms with E-state index in [0.717, 1.165) is 0 Å². The molecule has 18 nitrogen and oxygen atoms in total. The van der Waals surface area contributed by atoms with Crippen LogP contribution in [0.3, 0.4) is 0 Å². The van der Waals surface area contributed by atoms with E-state index in [-0.39, 0.29) is 31.4 Å². The molecule has 46 heavy (non-hydrogen) atoms. The summed E-state index contributed by atoms with van der Waals surface area (Å²) in [7, 11) is 0. The number of nitroso groups, excluding NO2 is 3. The number of aromatic nitrogens is 6. The van der Waals surface area contributed by atoms with Gasteiger partial charge in [-0.05, 0) is 93.7 Å². The van der Waals surface area contributed by atoms with E-state index in [0.29, 0.717) is 39.3 Å². The first kappa shape index (κ1) is 42.0. The van der Waals surface area contributed by atoms with E-state index in [4.69, 9.17) is 36.7 Å². The Bertz CT molecular complexity index is 1740. The standard InChI is InChI=1S/3C8H11N3O3S.Fe/c3*1-3-10-6(12)5(9-14)7(13)11(4-2)8(10)15;/h3*12H,3-4H2,1-2H3;. The van der Waals surface area contributed by atoms with Crippen molar-refractivity contribution in [3.05, 3.63) is 60.1 Å². The maximum atomic E-state index is 11.6. The largest absolute Gasteiger partial charge is 0.493 e. The van der Waals surface area contributed by atoms with Gasteiger partial charge >= 0.3 is 0 Å². The van der Waals surface area contributed by atoms with Crippen molar-refractivity contribution in [2.75, 3.05) is 0 Å². The smallest absolute Gasteiger partial charge is 0.287 e. The Morgan fingerprint density at radius 2 is 0.630 bits per heavy atom. The first-order valence-electron chi connectivity index (χ1n) is 13.4. The van der Waals surface area contributed by atoms with Gasteiger partial charge in [0.25, 0.3) is 16.7 Å². The molecule has 3 heterocycles. The van der Waals surface area contributed by atoms with Crippen molar-refractivity contribution in [2.45, 2.75) is 80.8 Å². The van der Waals surface area contributed by atoms with Crippen LogP contribution >= 0.6 is 36.7 Å². The van der Waals surface area contributed by atoms with Gasteiger partial charge in [0.2, 0.25) is 34.7 Å². The van der Waals surface area contributed by atoms with E-state index in [1.54, 1.807) is 41.5 Å². The summed E-state index contributed by atoms with van der Waals surface area (Å²) in [5, 5.41) is 36.3. The molecule has 0 saturated heterocycles. The van der Waals surface area contributed by atoms with E-state index in [9.17, 15) is 44.4 Å². The third kappa shape index (κ3) is 8.23. The van der Waals surface area contributed by atoms with E-state index in [1.807, 2.05) is 0 Å². The third-order valence-electron chi connectivity index (χ3n) is 6.30. The predicted molar refractivity (Wildman–Crippen MR) is 174 cm³/mol. The third-order valence-corrected chi connectivity index (χ3v) is 7.62. The van der Waals surface area contributed by atoms with Gasteiger partial charge in [-0.15, -0.1) is 14.7 Å². The molecular formula is C24H33FeN9O9S3. The predicted octanol–water partition coefficient (Wildman–Crippen LogP) is 4.57. The number of aromatic hydroxyl groups is 3. The number of nitrogens with zero attached hydrogens (tertiary/aromatic N) is 9. The van der Waals surface area contributed by atoms with Gasteiger partial charge in [-0.3, -0.25) is 41.8 Å². The van der Waals surface area contributed by atoms with Gasteiger partial charge in [-0.1, -0.05) is 0 Å². The fraction of sp³-hybridized carbons (Fsp3) is 0.500. The fourth-order valence-corrected chi connectivity index (χ4v) is 5.24. The van der Waals surface area contributed by atoms with Crippen LogP contribution in [0, 0.1) is 29.0 Å². The minimum absolute atomic E-state index is 0. The van der Waals surface area contributed by atoms with Crippen LogP contribution in [0.15, 0.2) is 29.9 Å². The molecule has 0 bridgehead atoms. The van der Waals surface area contributed by atoms with Gasteiger partial charge in [0.1, 0.15) is 0 Å². The molecule has 3 N–H and O–H groups in total. The van der Waals surface area contributed by atoms with Crippen LogP contribution in [0.2, 0.25) is 0 Å². The van der Waals surface area contributed by atoms with Crippen molar-refractivity contribution >= 4 is 53.7 Å². The average Bonchev–Trinajstić information content (AvgIpc) is 3.00. The fourth-order valence-electron chi connectivity index (χ4n) is 3.95. The van der Waals surface area contributed by atoms with Crippen molar-refractivity contribution < 1.29 is 32.4 Å². The molecule has 0 aliphatic carbocycles. The summed E-state index contributed by atoms with van der Waals surface area (Å²) in [6, 6.07) is 0. The Morgan fingerprint density at radius 1 is 0.457 bits per heavy atom. The zero-order chi connectivity index (χ0) is 34.8. The van der Waals surface area contributed by atoms with E-state index in [1.165, 1.54) is 27.4 Å². The Labute approximate surface area is 286 Å². The molecule has 0 atom stereocenters. The second-order valence-electron chi connectivity index (χ2n) is 8.52. The number of hydrogen-bond acceptors (Lipinski definition) is 15. The Morgan fingerprint density at radius 3 is 0.761 bits per heavy atom. The monoisotopic (exact) mass is 743 g/mol. The molecule has 3 rings (SSSR count). The zero-order valence-electron chi connectivity index (χ0n) is 25.6. The first-order valence-corrected chi connectivity index (χ1v) is 14.7. The quantitative estimate of drug-likeness (QED) is 0.156. The van der Waals surface area contributed by atoms with E-state index in [2.05, 4.69) is 15.5 Å². The van der Waals surface area contributed by atoms with Gasteiger partial charge in [0.15, 0.2) is 14.3 Å². The summed E-state index contributed by atoms with van der Waals surface area (Å²) in [5.41, 5.74) is -3.44. The van der Waals surface area contributed by atoms with Crippen LogP contribution in [0.5, 0.6) is 17.6 Å². The molecule has 0 spiro atoms. The summed E-state index contributed by atoms with van der Waals surface area (Å²) in [4.78, 5) is 66.0. The maximum absolute atomic E-state index is 11.6.